The average Bonchev–Trinajstić information content (AvgIpc) is 3.14. The van der Waals surface area contributed by atoms with Gasteiger partial charge in [-0.3, -0.25) is 9.13 Å². The number of carboxylic acid groups (broad SMARTS) is 1. The summed E-state index contributed by atoms with van der Waals surface area (Å²) >= 11 is 0. The van der Waals surface area contributed by atoms with E-state index >= 15 is 0 Å². The minimum absolute atomic E-state index is 0.0981. The van der Waals surface area contributed by atoms with Crippen molar-refractivity contribution < 1.29 is 9.90 Å². The molecule has 33 heavy (non-hydrogen) atoms. The summed E-state index contributed by atoms with van der Waals surface area (Å²) in [5.74, 6) is -0.347. The summed E-state index contributed by atoms with van der Waals surface area (Å²) in [5, 5.41) is 9.50. The van der Waals surface area contributed by atoms with Gasteiger partial charge in [0, 0.05) is 17.9 Å². The summed E-state index contributed by atoms with van der Waals surface area (Å²) in [6.07, 6.45) is 9.90. The van der Waals surface area contributed by atoms with E-state index in [9.17, 15) is 14.7 Å². The molecule has 1 fully saturated rings. The Morgan fingerprint density at radius 3 is 2.39 bits per heavy atom. The molecule has 1 aliphatic carbocycles. The second kappa shape index (κ2) is 10.2. The number of carbonyl (C=O) groups is 1. The van der Waals surface area contributed by atoms with Crippen LogP contribution in [-0.4, -0.2) is 20.2 Å². The number of imidazole rings is 1. The van der Waals surface area contributed by atoms with Crippen LogP contribution in [0.4, 0.5) is 0 Å². The minimum atomic E-state index is -0.930. The Balaban J connectivity index is 1.62. The fourth-order valence-corrected chi connectivity index (χ4v) is 4.87. The van der Waals surface area contributed by atoms with Crippen LogP contribution in [0.2, 0.25) is 0 Å². The Morgan fingerprint density at radius 2 is 1.73 bits per heavy atom. The Bertz CT molecular complexity index is 1150. The van der Waals surface area contributed by atoms with Gasteiger partial charge in [-0.25, -0.2) is 9.59 Å². The van der Waals surface area contributed by atoms with Crippen LogP contribution in [0.1, 0.15) is 80.0 Å². The monoisotopic (exact) mass is 446 g/mol. The van der Waals surface area contributed by atoms with Crippen LogP contribution in [0.25, 0.3) is 11.1 Å². The van der Waals surface area contributed by atoms with E-state index in [0.717, 1.165) is 42.5 Å². The third-order valence-electron chi connectivity index (χ3n) is 6.80. The quantitative estimate of drug-likeness (QED) is 0.451. The molecule has 0 spiro atoms. The van der Waals surface area contributed by atoms with Gasteiger partial charge in [0.05, 0.1) is 12.1 Å². The van der Waals surface area contributed by atoms with Gasteiger partial charge in [0.2, 0.25) is 0 Å². The summed E-state index contributed by atoms with van der Waals surface area (Å²) in [7, 11) is 0. The lowest BCUT2D eigenvalue weighted by atomic mass is 9.95. The zero-order chi connectivity index (χ0) is 23.4. The summed E-state index contributed by atoms with van der Waals surface area (Å²) in [6.45, 7) is 4.97. The molecule has 3 aromatic rings. The zero-order valence-corrected chi connectivity index (χ0v) is 19.7. The molecular formula is C28H34N2O3. The van der Waals surface area contributed by atoms with E-state index in [1.54, 1.807) is 12.1 Å². The highest BCUT2D eigenvalue weighted by Gasteiger charge is 2.21. The first-order chi connectivity index (χ1) is 15.9. The molecule has 1 aromatic heterocycles. The van der Waals surface area contributed by atoms with Crippen molar-refractivity contribution in [1.82, 2.24) is 9.13 Å². The molecule has 0 aliphatic heterocycles. The molecule has 0 saturated heterocycles. The summed E-state index contributed by atoms with van der Waals surface area (Å²) in [5.41, 5.74) is 4.11. The molecule has 2 aromatic carbocycles. The Hall–Kier alpha value is -3.08. The van der Waals surface area contributed by atoms with E-state index in [0.29, 0.717) is 29.6 Å². The lowest BCUT2D eigenvalue weighted by Gasteiger charge is -2.22. The maximum atomic E-state index is 13.4. The van der Waals surface area contributed by atoms with Crippen molar-refractivity contribution in [1.29, 1.82) is 0 Å². The highest BCUT2D eigenvalue weighted by Crippen LogP contribution is 2.28. The highest BCUT2D eigenvalue weighted by atomic mass is 16.4. The van der Waals surface area contributed by atoms with Crippen LogP contribution in [0, 0.1) is 5.92 Å². The lowest BCUT2D eigenvalue weighted by Crippen LogP contribution is -2.29. The van der Waals surface area contributed by atoms with E-state index in [2.05, 4.69) is 20.0 Å². The van der Waals surface area contributed by atoms with Gasteiger partial charge < -0.3 is 5.11 Å². The maximum Gasteiger partial charge on any atom is 0.336 e. The van der Waals surface area contributed by atoms with Gasteiger partial charge in [0.25, 0.3) is 0 Å². The third-order valence-corrected chi connectivity index (χ3v) is 6.80. The second-order valence-corrected chi connectivity index (χ2v) is 9.67. The minimum Gasteiger partial charge on any atom is -0.478 e. The van der Waals surface area contributed by atoms with E-state index in [-0.39, 0.29) is 5.69 Å². The van der Waals surface area contributed by atoms with Crippen molar-refractivity contribution in [2.75, 3.05) is 0 Å². The fraction of sp³-hybridized carbons (Fsp3) is 0.429. The molecule has 5 nitrogen and oxygen atoms in total. The van der Waals surface area contributed by atoms with Crippen LogP contribution < -0.4 is 5.69 Å². The number of aromatic nitrogens is 2. The van der Waals surface area contributed by atoms with E-state index in [1.165, 1.54) is 19.3 Å². The Morgan fingerprint density at radius 1 is 1.03 bits per heavy atom. The predicted octanol–water partition coefficient (Wildman–Crippen LogP) is 6.16. The number of rotatable bonds is 8. The Labute approximate surface area is 195 Å². The van der Waals surface area contributed by atoms with Gasteiger partial charge in [-0.1, -0.05) is 75.6 Å². The van der Waals surface area contributed by atoms with Gasteiger partial charge >= 0.3 is 11.7 Å². The summed E-state index contributed by atoms with van der Waals surface area (Å²) in [4.78, 5) is 25.0. The summed E-state index contributed by atoms with van der Waals surface area (Å²) in [6, 6.07) is 15.3. The van der Waals surface area contributed by atoms with Gasteiger partial charge in [-0.15, -0.1) is 0 Å². The second-order valence-electron chi connectivity index (χ2n) is 9.67. The zero-order valence-electron chi connectivity index (χ0n) is 19.7. The number of hydrogen-bond donors (Lipinski definition) is 1. The average molecular weight is 447 g/mol. The Kier molecular flexibility index (Phi) is 7.17. The molecule has 1 aliphatic rings. The van der Waals surface area contributed by atoms with E-state index in [4.69, 9.17) is 0 Å². The van der Waals surface area contributed by atoms with Crippen LogP contribution in [0.15, 0.2) is 59.5 Å². The molecule has 0 atom stereocenters. The van der Waals surface area contributed by atoms with Gasteiger partial charge in [-0.2, -0.15) is 0 Å². The molecule has 1 saturated carbocycles. The third kappa shape index (κ3) is 5.29. The number of hydrogen-bond acceptors (Lipinski definition) is 2. The first kappa shape index (κ1) is 23.1. The number of benzene rings is 2. The van der Waals surface area contributed by atoms with Crippen LogP contribution in [0.3, 0.4) is 0 Å². The van der Waals surface area contributed by atoms with Crippen molar-refractivity contribution in [3.05, 3.63) is 82.0 Å². The molecule has 0 unspecified atom stereocenters. The number of aryl methyl sites for hydroxylation is 1. The molecule has 0 radical (unpaired) electrons. The van der Waals surface area contributed by atoms with Crippen molar-refractivity contribution in [3.8, 4) is 11.1 Å². The number of aromatic carboxylic acids is 1. The van der Waals surface area contributed by atoms with Gasteiger partial charge in [-0.05, 0) is 54.4 Å². The van der Waals surface area contributed by atoms with Gasteiger partial charge in [0.15, 0.2) is 0 Å². The highest BCUT2D eigenvalue weighted by molar-refractivity contribution is 5.95. The smallest absolute Gasteiger partial charge is 0.336 e. The van der Waals surface area contributed by atoms with Crippen LogP contribution in [-0.2, 0) is 13.0 Å². The number of carboxylic acids is 1. The molecule has 5 heteroatoms. The lowest BCUT2D eigenvalue weighted by molar-refractivity contribution is 0.0697. The molecule has 1 N–H and O–H groups in total. The normalized spacial score (nSPS) is 14.6. The molecule has 4 rings (SSSR count). The van der Waals surface area contributed by atoms with Crippen molar-refractivity contribution in [2.24, 2.45) is 5.92 Å². The van der Waals surface area contributed by atoms with Gasteiger partial charge in [0.1, 0.15) is 0 Å². The van der Waals surface area contributed by atoms with Crippen molar-refractivity contribution in [3.63, 3.8) is 0 Å². The SMILES string of the molecule is CC(C)CCc1cn(C2CCCCC2)c(=O)n1Cc1ccc(-c2ccccc2C(=O)O)cc1. The topological polar surface area (TPSA) is 64.2 Å². The number of nitrogens with zero attached hydrogens (tertiary/aromatic N) is 2. The molecule has 1 heterocycles. The van der Waals surface area contributed by atoms with E-state index < -0.39 is 5.97 Å². The first-order valence-corrected chi connectivity index (χ1v) is 12.2. The molecule has 0 bridgehead atoms. The standard InChI is InChI=1S/C28H34N2O3/c1-20(2)12-17-24-19-30(23-8-4-3-5-9-23)28(33)29(24)18-21-13-15-22(16-14-21)25-10-6-7-11-26(25)27(31)32/h6-7,10-11,13-16,19-20,23H,3-5,8-9,12,17-18H2,1-2H3,(H,31,32). The maximum absolute atomic E-state index is 13.4. The molecule has 0 amide bonds. The summed E-state index contributed by atoms with van der Waals surface area (Å²) < 4.78 is 3.93. The fourth-order valence-electron chi connectivity index (χ4n) is 4.87. The first-order valence-electron chi connectivity index (χ1n) is 12.2. The van der Waals surface area contributed by atoms with Crippen LogP contribution >= 0.6 is 0 Å². The van der Waals surface area contributed by atoms with E-state index in [1.807, 2.05) is 45.5 Å². The van der Waals surface area contributed by atoms with Crippen LogP contribution in [0.5, 0.6) is 0 Å². The molecule has 174 valence electrons. The van der Waals surface area contributed by atoms with Crippen molar-refractivity contribution >= 4 is 5.97 Å². The van der Waals surface area contributed by atoms with Crippen molar-refractivity contribution in [2.45, 2.75) is 71.4 Å². The predicted molar refractivity (Wildman–Crippen MR) is 132 cm³/mol. The largest absolute Gasteiger partial charge is 0.478 e. The molecular weight excluding hydrogens is 412 g/mol.